The van der Waals surface area contributed by atoms with Gasteiger partial charge < -0.3 is 14.7 Å². The first-order valence-electron chi connectivity index (χ1n) is 6.48. The fourth-order valence-corrected chi connectivity index (χ4v) is 2.13. The van der Waals surface area contributed by atoms with E-state index < -0.39 is 0 Å². The van der Waals surface area contributed by atoms with Gasteiger partial charge in [0, 0.05) is 24.9 Å². The van der Waals surface area contributed by atoms with Crippen LogP contribution in [0.5, 0.6) is 0 Å². The van der Waals surface area contributed by atoms with Crippen molar-refractivity contribution in [2.75, 3.05) is 0 Å². The molecular weight excluding hydrogens is 228 g/mol. The molecule has 0 aliphatic heterocycles. The second kappa shape index (κ2) is 4.57. The van der Waals surface area contributed by atoms with Crippen LogP contribution < -0.4 is 5.73 Å². The van der Waals surface area contributed by atoms with Crippen LogP contribution in [0.25, 0.3) is 0 Å². The smallest absolute Gasteiger partial charge is 0.236 e. The molecular formula is C13H18N4O. The average Bonchev–Trinajstić information content (AvgIpc) is 2.96. The lowest BCUT2D eigenvalue weighted by Crippen LogP contribution is -2.11. The van der Waals surface area contributed by atoms with Gasteiger partial charge in [-0.2, -0.15) is 0 Å². The van der Waals surface area contributed by atoms with Crippen molar-refractivity contribution in [3.05, 3.63) is 35.8 Å². The lowest BCUT2D eigenvalue weighted by Gasteiger charge is -2.06. The quantitative estimate of drug-likeness (QED) is 0.874. The van der Waals surface area contributed by atoms with Gasteiger partial charge in [0.2, 0.25) is 11.8 Å². The van der Waals surface area contributed by atoms with Gasteiger partial charge >= 0.3 is 0 Å². The minimum Gasteiger partial charge on any atom is -0.423 e. The standard InChI is InChI=1S/C13H18N4O/c1-2-11-15-16-12(18-11)8-17-6-5-10(7-17)13(14)9-3-4-9/h5-7,9,13H,2-4,8,14H2,1H3. The number of hydrogen-bond acceptors (Lipinski definition) is 4. The second-order valence-corrected chi connectivity index (χ2v) is 4.92. The first-order chi connectivity index (χ1) is 8.76. The van der Waals surface area contributed by atoms with E-state index in [2.05, 4.69) is 22.5 Å². The molecule has 0 spiro atoms. The van der Waals surface area contributed by atoms with Crippen LogP contribution in [0.15, 0.2) is 22.9 Å². The van der Waals surface area contributed by atoms with Crippen LogP contribution in [0.2, 0.25) is 0 Å². The summed E-state index contributed by atoms with van der Waals surface area (Å²) in [4.78, 5) is 0. The van der Waals surface area contributed by atoms with Crippen molar-refractivity contribution < 1.29 is 4.42 Å². The third-order valence-electron chi connectivity index (χ3n) is 3.42. The summed E-state index contributed by atoms with van der Waals surface area (Å²) in [6.45, 7) is 2.62. The Bertz CT molecular complexity index is 527. The second-order valence-electron chi connectivity index (χ2n) is 4.92. The molecule has 1 aliphatic rings. The van der Waals surface area contributed by atoms with E-state index >= 15 is 0 Å². The maximum Gasteiger partial charge on any atom is 0.236 e. The Balaban J connectivity index is 1.69. The van der Waals surface area contributed by atoms with Crippen molar-refractivity contribution in [1.29, 1.82) is 0 Å². The molecule has 2 aromatic rings. The molecule has 96 valence electrons. The van der Waals surface area contributed by atoms with Crippen LogP contribution in [0.4, 0.5) is 0 Å². The van der Waals surface area contributed by atoms with Crippen molar-refractivity contribution in [1.82, 2.24) is 14.8 Å². The zero-order valence-electron chi connectivity index (χ0n) is 10.5. The van der Waals surface area contributed by atoms with E-state index in [0.717, 1.165) is 6.42 Å². The average molecular weight is 246 g/mol. The lowest BCUT2D eigenvalue weighted by atomic mass is 10.1. The van der Waals surface area contributed by atoms with Gasteiger partial charge in [0.1, 0.15) is 6.54 Å². The Morgan fingerprint density at radius 1 is 1.44 bits per heavy atom. The van der Waals surface area contributed by atoms with Crippen LogP contribution in [0.3, 0.4) is 0 Å². The zero-order chi connectivity index (χ0) is 12.5. The molecule has 1 fully saturated rings. The van der Waals surface area contributed by atoms with Crippen molar-refractivity contribution in [3.63, 3.8) is 0 Å². The highest BCUT2D eigenvalue weighted by molar-refractivity contribution is 5.18. The summed E-state index contributed by atoms with van der Waals surface area (Å²) >= 11 is 0. The Kier molecular flexibility index (Phi) is 2.91. The van der Waals surface area contributed by atoms with E-state index in [0.29, 0.717) is 24.2 Å². The Morgan fingerprint density at radius 3 is 2.89 bits per heavy atom. The number of aryl methyl sites for hydroxylation is 1. The van der Waals surface area contributed by atoms with Crippen molar-refractivity contribution >= 4 is 0 Å². The molecule has 2 N–H and O–H groups in total. The van der Waals surface area contributed by atoms with Gasteiger partial charge in [-0.05, 0) is 30.4 Å². The first kappa shape index (κ1) is 11.5. The summed E-state index contributed by atoms with van der Waals surface area (Å²) in [5.74, 6) is 2.01. The van der Waals surface area contributed by atoms with E-state index in [4.69, 9.17) is 10.2 Å². The Hall–Kier alpha value is -1.62. The van der Waals surface area contributed by atoms with E-state index in [1.807, 2.05) is 17.7 Å². The highest BCUT2D eigenvalue weighted by atomic mass is 16.4. The minimum absolute atomic E-state index is 0.181. The van der Waals surface area contributed by atoms with Gasteiger partial charge in [-0.1, -0.05) is 6.92 Å². The summed E-state index contributed by atoms with van der Waals surface area (Å²) in [6.07, 6.45) is 7.40. The van der Waals surface area contributed by atoms with Gasteiger partial charge in [-0.25, -0.2) is 0 Å². The van der Waals surface area contributed by atoms with Crippen LogP contribution in [-0.4, -0.2) is 14.8 Å². The monoisotopic (exact) mass is 246 g/mol. The lowest BCUT2D eigenvalue weighted by molar-refractivity contribution is 0.442. The highest BCUT2D eigenvalue weighted by Gasteiger charge is 2.29. The molecule has 3 rings (SSSR count). The molecule has 1 unspecified atom stereocenters. The third kappa shape index (κ3) is 2.31. The molecule has 0 amide bonds. The Labute approximate surface area is 106 Å². The number of nitrogens with zero attached hydrogens (tertiary/aromatic N) is 3. The predicted octanol–water partition coefficient (Wildman–Crippen LogP) is 1.89. The molecule has 2 heterocycles. The van der Waals surface area contributed by atoms with Crippen LogP contribution in [-0.2, 0) is 13.0 Å². The predicted molar refractivity (Wildman–Crippen MR) is 66.9 cm³/mol. The summed E-state index contributed by atoms with van der Waals surface area (Å²) < 4.78 is 7.54. The van der Waals surface area contributed by atoms with Gasteiger partial charge in [0.05, 0.1) is 0 Å². The normalized spacial score (nSPS) is 17.0. The molecule has 0 saturated heterocycles. The van der Waals surface area contributed by atoms with Gasteiger partial charge in [0.25, 0.3) is 0 Å². The van der Waals surface area contributed by atoms with Crippen LogP contribution >= 0.6 is 0 Å². The number of rotatable bonds is 5. The van der Waals surface area contributed by atoms with Gasteiger partial charge in [-0.15, -0.1) is 10.2 Å². The number of nitrogens with two attached hydrogens (primary N) is 1. The molecule has 18 heavy (non-hydrogen) atoms. The molecule has 0 aromatic carbocycles. The summed E-state index contributed by atoms with van der Waals surface area (Å²) in [6, 6.07) is 2.26. The zero-order valence-corrected chi connectivity index (χ0v) is 10.5. The fraction of sp³-hybridized carbons (Fsp3) is 0.538. The number of hydrogen-bond donors (Lipinski definition) is 1. The Morgan fingerprint density at radius 2 is 2.22 bits per heavy atom. The molecule has 5 heteroatoms. The molecule has 1 saturated carbocycles. The largest absolute Gasteiger partial charge is 0.423 e. The van der Waals surface area contributed by atoms with Crippen molar-refractivity contribution in [2.24, 2.45) is 11.7 Å². The van der Waals surface area contributed by atoms with Crippen LogP contribution in [0, 0.1) is 5.92 Å². The van der Waals surface area contributed by atoms with Gasteiger partial charge in [-0.3, -0.25) is 0 Å². The van der Waals surface area contributed by atoms with E-state index in [1.165, 1.54) is 18.4 Å². The fourth-order valence-electron chi connectivity index (χ4n) is 2.13. The molecule has 0 radical (unpaired) electrons. The number of aromatic nitrogens is 3. The van der Waals surface area contributed by atoms with E-state index in [-0.39, 0.29) is 6.04 Å². The first-order valence-corrected chi connectivity index (χ1v) is 6.48. The topological polar surface area (TPSA) is 69.9 Å². The van der Waals surface area contributed by atoms with Crippen molar-refractivity contribution in [2.45, 2.75) is 38.8 Å². The summed E-state index contributed by atoms with van der Waals surface area (Å²) in [5, 5.41) is 7.97. The van der Waals surface area contributed by atoms with E-state index in [1.54, 1.807) is 0 Å². The maximum absolute atomic E-state index is 6.17. The van der Waals surface area contributed by atoms with Gasteiger partial charge in [0.15, 0.2) is 0 Å². The molecule has 5 nitrogen and oxygen atoms in total. The highest BCUT2D eigenvalue weighted by Crippen LogP contribution is 2.39. The minimum atomic E-state index is 0.181. The molecule has 2 aromatic heterocycles. The SMILES string of the molecule is CCc1nnc(Cn2ccc(C(N)C3CC3)c2)o1. The molecule has 1 atom stereocenters. The third-order valence-corrected chi connectivity index (χ3v) is 3.42. The van der Waals surface area contributed by atoms with E-state index in [9.17, 15) is 0 Å². The molecule has 0 bridgehead atoms. The summed E-state index contributed by atoms with van der Waals surface area (Å²) in [5.41, 5.74) is 7.37. The summed E-state index contributed by atoms with van der Waals surface area (Å²) in [7, 11) is 0. The van der Waals surface area contributed by atoms with Crippen LogP contribution in [0.1, 0.15) is 43.2 Å². The van der Waals surface area contributed by atoms with Crippen molar-refractivity contribution in [3.8, 4) is 0 Å². The molecule has 1 aliphatic carbocycles. The maximum atomic E-state index is 6.17.